The zero-order valence-corrected chi connectivity index (χ0v) is 11.2. The Bertz CT molecular complexity index is 561. The van der Waals surface area contributed by atoms with Crippen LogP contribution in [0, 0.1) is 20.8 Å². The Hall–Kier alpha value is -1.80. The molecule has 2 N–H and O–H groups in total. The van der Waals surface area contributed by atoms with E-state index in [9.17, 15) is 0 Å². The van der Waals surface area contributed by atoms with Crippen molar-refractivity contribution in [3.8, 4) is 11.5 Å². The molecule has 0 unspecified atom stereocenters. The minimum absolute atomic E-state index is 0.560. The van der Waals surface area contributed by atoms with Crippen LogP contribution in [0.4, 0.5) is 0 Å². The molecule has 2 heteroatoms. The van der Waals surface area contributed by atoms with Gasteiger partial charge in [0.15, 0.2) is 0 Å². The fourth-order valence-electron chi connectivity index (χ4n) is 1.91. The van der Waals surface area contributed by atoms with Gasteiger partial charge in [0.25, 0.3) is 0 Å². The van der Waals surface area contributed by atoms with Gasteiger partial charge in [-0.05, 0) is 55.2 Å². The summed E-state index contributed by atoms with van der Waals surface area (Å²) in [6, 6.07) is 12.2. The molecule has 2 aromatic rings. The maximum Gasteiger partial charge on any atom is 0.130 e. The van der Waals surface area contributed by atoms with Crippen molar-refractivity contribution in [3.63, 3.8) is 0 Å². The van der Waals surface area contributed by atoms with Crippen LogP contribution in [0.5, 0.6) is 11.5 Å². The monoisotopic (exact) mass is 241 g/mol. The average molecular weight is 241 g/mol. The molecule has 2 aromatic carbocycles. The average Bonchev–Trinajstić information content (AvgIpc) is 2.37. The van der Waals surface area contributed by atoms with Gasteiger partial charge in [-0.3, -0.25) is 0 Å². The predicted octanol–water partition coefficient (Wildman–Crippen LogP) is 3.86. The van der Waals surface area contributed by atoms with Gasteiger partial charge in [0.05, 0.1) is 0 Å². The molecule has 0 aliphatic heterocycles. The van der Waals surface area contributed by atoms with Crippen LogP contribution in [0.3, 0.4) is 0 Å². The van der Waals surface area contributed by atoms with Crippen molar-refractivity contribution in [2.24, 2.45) is 5.73 Å². The summed E-state index contributed by atoms with van der Waals surface area (Å²) in [5, 5.41) is 0. The van der Waals surface area contributed by atoms with Crippen molar-refractivity contribution in [1.82, 2.24) is 0 Å². The van der Waals surface area contributed by atoms with Gasteiger partial charge in [-0.1, -0.05) is 24.3 Å². The third-order valence-electron chi connectivity index (χ3n) is 3.25. The Balaban J connectivity index is 2.31. The lowest BCUT2D eigenvalue weighted by Crippen LogP contribution is -1.97. The van der Waals surface area contributed by atoms with Crippen LogP contribution in [0.2, 0.25) is 0 Å². The Morgan fingerprint density at radius 3 is 2.39 bits per heavy atom. The summed E-state index contributed by atoms with van der Waals surface area (Å²) in [5.74, 6) is 1.81. The lowest BCUT2D eigenvalue weighted by molar-refractivity contribution is 0.474. The highest BCUT2D eigenvalue weighted by atomic mass is 16.5. The van der Waals surface area contributed by atoms with E-state index in [1.807, 2.05) is 31.2 Å². The molecule has 2 nitrogen and oxygen atoms in total. The largest absolute Gasteiger partial charge is 0.457 e. The third-order valence-corrected chi connectivity index (χ3v) is 3.25. The van der Waals surface area contributed by atoms with E-state index in [0.29, 0.717) is 6.54 Å². The highest BCUT2D eigenvalue weighted by Gasteiger charge is 2.06. The summed E-state index contributed by atoms with van der Waals surface area (Å²) in [6.07, 6.45) is 0. The maximum absolute atomic E-state index is 5.98. The maximum atomic E-state index is 5.98. The first-order valence-electron chi connectivity index (χ1n) is 6.15. The summed E-state index contributed by atoms with van der Waals surface area (Å²) in [4.78, 5) is 0. The number of hydrogen-bond acceptors (Lipinski definition) is 2. The molecule has 0 saturated carbocycles. The zero-order valence-electron chi connectivity index (χ0n) is 11.2. The van der Waals surface area contributed by atoms with E-state index in [-0.39, 0.29) is 0 Å². The van der Waals surface area contributed by atoms with Crippen LogP contribution in [-0.4, -0.2) is 0 Å². The highest BCUT2D eigenvalue weighted by molar-refractivity contribution is 5.44. The van der Waals surface area contributed by atoms with Gasteiger partial charge in [0.1, 0.15) is 11.5 Å². The quantitative estimate of drug-likeness (QED) is 0.885. The highest BCUT2D eigenvalue weighted by Crippen LogP contribution is 2.29. The van der Waals surface area contributed by atoms with Crippen molar-refractivity contribution >= 4 is 0 Å². The van der Waals surface area contributed by atoms with Crippen LogP contribution in [-0.2, 0) is 6.54 Å². The van der Waals surface area contributed by atoms with Gasteiger partial charge in [-0.2, -0.15) is 0 Å². The predicted molar refractivity (Wildman–Crippen MR) is 75.1 cm³/mol. The van der Waals surface area contributed by atoms with Gasteiger partial charge in [0.2, 0.25) is 0 Å². The number of nitrogens with two attached hydrogens (primary N) is 1. The standard InChI is InChI=1S/C16H19NO/c1-11-5-4-6-16(13(11)3)18-15-8-7-14(10-17)9-12(15)2/h4-9H,10,17H2,1-3H3. The van der Waals surface area contributed by atoms with E-state index in [2.05, 4.69) is 26.0 Å². The van der Waals surface area contributed by atoms with E-state index in [1.165, 1.54) is 11.1 Å². The van der Waals surface area contributed by atoms with Crippen molar-refractivity contribution in [2.75, 3.05) is 0 Å². The summed E-state index contributed by atoms with van der Waals surface area (Å²) in [7, 11) is 0. The van der Waals surface area contributed by atoms with Gasteiger partial charge in [-0.25, -0.2) is 0 Å². The van der Waals surface area contributed by atoms with E-state index in [0.717, 1.165) is 22.6 Å². The molecule has 0 aliphatic carbocycles. The Morgan fingerprint density at radius 2 is 1.72 bits per heavy atom. The minimum Gasteiger partial charge on any atom is -0.457 e. The third kappa shape index (κ3) is 2.54. The summed E-state index contributed by atoms with van der Waals surface area (Å²) in [6.45, 7) is 6.77. The number of hydrogen-bond donors (Lipinski definition) is 1. The van der Waals surface area contributed by atoms with Crippen molar-refractivity contribution in [2.45, 2.75) is 27.3 Å². The second-order valence-electron chi connectivity index (χ2n) is 4.60. The van der Waals surface area contributed by atoms with Gasteiger partial charge < -0.3 is 10.5 Å². The fraction of sp³-hybridized carbons (Fsp3) is 0.250. The zero-order chi connectivity index (χ0) is 13.1. The molecular formula is C16H19NO. The molecule has 0 saturated heterocycles. The first-order chi connectivity index (χ1) is 8.61. The van der Waals surface area contributed by atoms with Crippen LogP contribution in [0.1, 0.15) is 22.3 Å². The lowest BCUT2D eigenvalue weighted by atomic mass is 10.1. The van der Waals surface area contributed by atoms with E-state index in [4.69, 9.17) is 10.5 Å². The first-order valence-corrected chi connectivity index (χ1v) is 6.15. The van der Waals surface area contributed by atoms with Crippen molar-refractivity contribution in [1.29, 1.82) is 0 Å². The van der Waals surface area contributed by atoms with Crippen molar-refractivity contribution in [3.05, 3.63) is 58.7 Å². The summed E-state index contributed by atoms with van der Waals surface area (Å²) < 4.78 is 5.98. The lowest BCUT2D eigenvalue weighted by Gasteiger charge is -2.13. The van der Waals surface area contributed by atoms with E-state index in [1.54, 1.807) is 0 Å². The van der Waals surface area contributed by atoms with Gasteiger partial charge in [-0.15, -0.1) is 0 Å². The van der Waals surface area contributed by atoms with E-state index < -0.39 is 0 Å². The number of ether oxygens (including phenoxy) is 1. The molecule has 0 aliphatic rings. The minimum atomic E-state index is 0.560. The number of aryl methyl sites for hydroxylation is 2. The molecule has 0 fully saturated rings. The second-order valence-corrected chi connectivity index (χ2v) is 4.60. The Labute approximate surface area is 108 Å². The van der Waals surface area contributed by atoms with Crippen molar-refractivity contribution < 1.29 is 4.74 Å². The molecule has 0 bridgehead atoms. The van der Waals surface area contributed by atoms with Gasteiger partial charge in [0, 0.05) is 6.54 Å². The van der Waals surface area contributed by atoms with Crippen LogP contribution >= 0.6 is 0 Å². The van der Waals surface area contributed by atoms with E-state index >= 15 is 0 Å². The molecular weight excluding hydrogens is 222 g/mol. The molecule has 94 valence electrons. The molecule has 2 rings (SSSR count). The first kappa shape index (κ1) is 12.7. The van der Waals surface area contributed by atoms with Crippen LogP contribution < -0.4 is 10.5 Å². The molecule has 0 aromatic heterocycles. The van der Waals surface area contributed by atoms with Crippen LogP contribution in [0.15, 0.2) is 36.4 Å². The smallest absolute Gasteiger partial charge is 0.130 e. The molecule has 0 radical (unpaired) electrons. The Morgan fingerprint density at radius 1 is 0.944 bits per heavy atom. The topological polar surface area (TPSA) is 35.2 Å². The molecule has 0 amide bonds. The molecule has 0 spiro atoms. The number of rotatable bonds is 3. The normalized spacial score (nSPS) is 10.4. The SMILES string of the molecule is Cc1cc(CN)ccc1Oc1cccc(C)c1C. The summed E-state index contributed by atoms with van der Waals surface area (Å²) in [5.41, 5.74) is 10.3. The summed E-state index contributed by atoms with van der Waals surface area (Å²) >= 11 is 0. The molecule has 0 atom stereocenters. The molecule has 18 heavy (non-hydrogen) atoms. The molecule has 0 heterocycles. The Kier molecular flexibility index (Phi) is 3.68. The fourth-order valence-corrected chi connectivity index (χ4v) is 1.91. The number of benzene rings is 2. The van der Waals surface area contributed by atoms with Gasteiger partial charge >= 0.3 is 0 Å². The second kappa shape index (κ2) is 5.23. The van der Waals surface area contributed by atoms with Crippen LogP contribution in [0.25, 0.3) is 0 Å².